The molecule has 4 heteroatoms. The first kappa shape index (κ1) is 10.1. The van der Waals surface area contributed by atoms with E-state index in [0.717, 1.165) is 23.1 Å². The summed E-state index contributed by atoms with van der Waals surface area (Å²) >= 11 is 1.12. The van der Waals surface area contributed by atoms with E-state index >= 15 is 0 Å². The number of aliphatic hydroxyl groups excluding tert-OH is 1. The van der Waals surface area contributed by atoms with Crippen molar-refractivity contribution in [2.24, 2.45) is 0 Å². The van der Waals surface area contributed by atoms with Crippen LogP contribution in [0.5, 0.6) is 5.75 Å². The molecule has 1 aliphatic rings. The molecule has 0 unspecified atom stereocenters. The summed E-state index contributed by atoms with van der Waals surface area (Å²) in [5, 5.41) is 9.47. The number of hydrogen-bond acceptors (Lipinski definition) is 4. The maximum Gasteiger partial charge on any atom is 0.223 e. The normalized spacial score (nSPS) is 15.9. The second-order valence-corrected chi connectivity index (χ2v) is 4.07. The van der Waals surface area contributed by atoms with Crippen molar-refractivity contribution in [1.82, 2.24) is 0 Å². The Morgan fingerprint density at radius 1 is 1.33 bits per heavy atom. The standard InChI is InChI=1S/C11H10O3S/c1-14-8-4-2-7(3-5-8)10-9(12)6-15-11(10)13/h2-5,12H,6H2,1H3. The van der Waals surface area contributed by atoms with Crippen LogP contribution in [0.3, 0.4) is 0 Å². The van der Waals surface area contributed by atoms with Gasteiger partial charge in [-0.1, -0.05) is 23.9 Å². The highest BCUT2D eigenvalue weighted by molar-refractivity contribution is 8.15. The number of carbonyl (C=O) groups is 1. The summed E-state index contributed by atoms with van der Waals surface area (Å²) in [6.45, 7) is 0. The number of thioether (sulfide) groups is 1. The van der Waals surface area contributed by atoms with Crippen LogP contribution in [0.2, 0.25) is 0 Å². The summed E-state index contributed by atoms with van der Waals surface area (Å²) in [5.74, 6) is 1.27. The predicted molar refractivity (Wildman–Crippen MR) is 60.0 cm³/mol. The van der Waals surface area contributed by atoms with Crippen molar-refractivity contribution in [2.75, 3.05) is 12.9 Å². The number of ether oxygens (including phenoxy) is 1. The van der Waals surface area contributed by atoms with Crippen molar-refractivity contribution in [3.8, 4) is 5.75 Å². The van der Waals surface area contributed by atoms with Crippen LogP contribution in [-0.2, 0) is 4.79 Å². The van der Waals surface area contributed by atoms with Crippen molar-refractivity contribution in [3.05, 3.63) is 35.6 Å². The molecule has 0 saturated carbocycles. The Hall–Kier alpha value is -1.42. The van der Waals surface area contributed by atoms with Crippen molar-refractivity contribution < 1.29 is 14.6 Å². The van der Waals surface area contributed by atoms with Gasteiger partial charge in [-0.15, -0.1) is 0 Å². The maximum atomic E-state index is 11.5. The molecular weight excluding hydrogens is 212 g/mol. The topological polar surface area (TPSA) is 46.5 Å². The summed E-state index contributed by atoms with van der Waals surface area (Å²) in [6, 6.07) is 7.08. The van der Waals surface area contributed by atoms with Gasteiger partial charge in [-0.2, -0.15) is 0 Å². The minimum Gasteiger partial charge on any atom is -0.511 e. The van der Waals surface area contributed by atoms with Crippen molar-refractivity contribution >= 4 is 22.5 Å². The van der Waals surface area contributed by atoms with Gasteiger partial charge in [0, 0.05) is 0 Å². The van der Waals surface area contributed by atoms with Gasteiger partial charge in [-0.3, -0.25) is 4.79 Å². The zero-order chi connectivity index (χ0) is 10.8. The average molecular weight is 222 g/mol. The van der Waals surface area contributed by atoms with Gasteiger partial charge in [-0.05, 0) is 17.7 Å². The third kappa shape index (κ3) is 1.85. The zero-order valence-electron chi connectivity index (χ0n) is 8.19. The first-order valence-corrected chi connectivity index (χ1v) is 5.44. The molecule has 0 atom stereocenters. The average Bonchev–Trinajstić information content (AvgIpc) is 2.59. The Morgan fingerprint density at radius 2 is 2.00 bits per heavy atom. The minimum atomic E-state index is -0.0716. The Bertz CT molecular complexity index is 420. The highest BCUT2D eigenvalue weighted by atomic mass is 32.2. The predicted octanol–water partition coefficient (Wildman–Crippen LogP) is 2.24. The molecule has 1 N–H and O–H groups in total. The lowest BCUT2D eigenvalue weighted by atomic mass is 10.1. The summed E-state index contributed by atoms with van der Waals surface area (Å²) < 4.78 is 5.02. The molecule has 0 amide bonds. The van der Waals surface area contributed by atoms with E-state index in [4.69, 9.17) is 4.74 Å². The van der Waals surface area contributed by atoms with E-state index in [2.05, 4.69) is 0 Å². The Labute approximate surface area is 91.8 Å². The third-order valence-electron chi connectivity index (χ3n) is 2.21. The molecule has 15 heavy (non-hydrogen) atoms. The number of aliphatic hydroxyl groups is 1. The monoisotopic (exact) mass is 222 g/mol. The van der Waals surface area contributed by atoms with Gasteiger partial charge in [0.2, 0.25) is 5.12 Å². The lowest BCUT2D eigenvalue weighted by Crippen LogP contribution is -1.93. The van der Waals surface area contributed by atoms with Gasteiger partial charge >= 0.3 is 0 Å². The Balaban J connectivity index is 2.37. The molecule has 2 rings (SSSR count). The van der Waals surface area contributed by atoms with E-state index in [-0.39, 0.29) is 10.9 Å². The van der Waals surface area contributed by atoms with E-state index in [0.29, 0.717) is 11.3 Å². The van der Waals surface area contributed by atoms with E-state index in [1.807, 2.05) is 0 Å². The zero-order valence-corrected chi connectivity index (χ0v) is 9.00. The quantitative estimate of drug-likeness (QED) is 0.833. The molecule has 78 valence electrons. The lowest BCUT2D eigenvalue weighted by molar-refractivity contribution is -0.106. The number of hydrogen-bond donors (Lipinski definition) is 1. The molecule has 1 heterocycles. The van der Waals surface area contributed by atoms with Crippen molar-refractivity contribution in [1.29, 1.82) is 0 Å². The number of methoxy groups -OCH3 is 1. The van der Waals surface area contributed by atoms with Crippen LogP contribution in [0.4, 0.5) is 0 Å². The molecule has 0 saturated heterocycles. The van der Waals surface area contributed by atoms with Gasteiger partial charge in [0.05, 0.1) is 18.4 Å². The summed E-state index contributed by atoms with van der Waals surface area (Å²) in [6.07, 6.45) is 0. The lowest BCUT2D eigenvalue weighted by Gasteiger charge is -2.03. The highest BCUT2D eigenvalue weighted by Crippen LogP contribution is 2.32. The summed E-state index contributed by atoms with van der Waals surface area (Å²) in [4.78, 5) is 11.5. The molecule has 0 spiro atoms. The molecule has 1 aromatic rings. The Morgan fingerprint density at radius 3 is 2.47 bits per heavy atom. The summed E-state index contributed by atoms with van der Waals surface area (Å²) in [5.41, 5.74) is 1.16. The fourth-order valence-electron chi connectivity index (χ4n) is 1.44. The molecule has 0 fully saturated rings. The number of carbonyl (C=O) groups excluding carboxylic acids is 1. The first-order valence-electron chi connectivity index (χ1n) is 4.46. The Kier molecular flexibility index (Phi) is 2.68. The number of rotatable bonds is 2. The second kappa shape index (κ2) is 3.98. The van der Waals surface area contributed by atoms with Crippen LogP contribution in [-0.4, -0.2) is 23.1 Å². The smallest absolute Gasteiger partial charge is 0.223 e. The van der Waals surface area contributed by atoms with Crippen LogP contribution < -0.4 is 4.74 Å². The fourth-order valence-corrected chi connectivity index (χ4v) is 2.23. The van der Waals surface area contributed by atoms with E-state index in [1.165, 1.54) is 0 Å². The van der Waals surface area contributed by atoms with Gasteiger partial charge in [0.25, 0.3) is 0 Å². The van der Waals surface area contributed by atoms with Gasteiger partial charge in [0.15, 0.2) is 0 Å². The van der Waals surface area contributed by atoms with Crippen LogP contribution in [0.1, 0.15) is 5.56 Å². The molecule has 0 bridgehead atoms. The van der Waals surface area contributed by atoms with Gasteiger partial charge in [-0.25, -0.2) is 0 Å². The van der Waals surface area contributed by atoms with Crippen LogP contribution in [0.15, 0.2) is 30.0 Å². The van der Waals surface area contributed by atoms with Gasteiger partial charge < -0.3 is 9.84 Å². The van der Waals surface area contributed by atoms with Crippen LogP contribution in [0, 0.1) is 0 Å². The van der Waals surface area contributed by atoms with Crippen LogP contribution in [0.25, 0.3) is 5.57 Å². The molecule has 1 aliphatic heterocycles. The molecular formula is C11H10O3S. The largest absolute Gasteiger partial charge is 0.511 e. The highest BCUT2D eigenvalue weighted by Gasteiger charge is 2.24. The molecule has 3 nitrogen and oxygen atoms in total. The molecule has 1 aromatic carbocycles. The van der Waals surface area contributed by atoms with E-state index in [9.17, 15) is 9.90 Å². The third-order valence-corrected chi connectivity index (χ3v) is 3.10. The fraction of sp³-hybridized carbons (Fsp3) is 0.182. The van der Waals surface area contributed by atoms with E-state index in [1.54, 1.807) is 31.4 Å². The van der Waals surface area contributed by atoms with Gasteiger partial charge in [0.1, 0.15) is 11.5 Å². The van der Waals surface area contributed by atoms with Crippen molar-refractivity contribution in [2.45, 2.75) is 0 Å². The second-order valence-electron chi connectivity index (χ2n) is 3.13. The number of benzene rings is 1. The first-order chi connectivity index (χ1) is 7.22. The molecule has 0 aromatic heterocycles. The maximum absolute atomic E-state index is 11.5. The molecule has 0 radical (unpaired) electrons. The van der Waals surface area contributed by atoms with Crippen LogP contribution >= 0.6 is 11.8 Å². The summed E-state index contributed by atoms with van der Waals surface area (Å²) in [7, 11) is 1.59. The molecule has 0 aliphatic carbocycles. The SMILES string of the molecule is COc1ccc(C2=C(O)CSC2=O)cc1. The minimum absolute atomic E-state index is 0.0716. The van der Waals surface area contributed by atoms with Crippen molar-refractivity contribution in [3.63, 3.8) is 0 Å². The van der Waals surface area contributed by atoms with E-state index < -0.39 is 0 Å².